The van der Waals surface area contributed by atoms with Gasteiger partial charge in [0.2, 0.25) is 0 Å². The lowest BCUT2D eigenvalue weighted by atomic mass is 10.2. The van der Waals surface area contributed by atoms with Crippen molar-refractivity contribution in [1.82, 2.24) is 0 Å². The van der Waals surface area contributed by atoms with E-state index in [-0.39, 0.29) is 5.56 Å². The van der Waals surface area contributed by atoms with Crippen LogP contribution in [0, 0.1) is 0 Å². The van der Waals surface area contributed by atoms with E-state index >= 15 is 0 Å². The molecule has 0 heterocycles. The van der Waals surface area contributed by atoms with Crippen LogP contribution in [0.1, 0.15) is 10.4 Å². The lowest BCUT2D eigenvalue weighted by Crippen LogP contribution is -3.02. The number of carboxylic acids is 1. The third-order valence-electron chi connectivity index (χ3n) is 1.12. The van der Waals surface area contributed by atoms with Crippen LogP contribution in [-0.2, 0) is 0 Å². The zero-order valence-corrected chi connectivity index (χ0v) is 8.02. The first-order valence-electron chi connectivity index (χ1n) is 3.93. The van der Waals surface area contributed by atoms with Crippen molar-refractivity contribution in [2.45, 2.75) is 0 Å². The van der Waals surface area contributed by atoms with Gasteiger partial charge in [0.1, 0.15) is 0 Å². The molecule has 0 radical (unpaired) electrons. The largest absolute Gasteiger partial charge is 0.872 e. The monoisotopic (exact) mass is 199 g/mol. The molecular weight excluding hydrogens is 186 g/mol. The highest BCUT2D eigenvalue weighted by Crippen LogP contribution is 2.10. The Hall–Kier alpha value is -1.59. The molecule has 0 saturated carbocycles. The van der Waals surface area contributed by atoms with Gasteiger partial charge in [-0.2, -0.15) is 5.06 Å². The zero-order chi connectivity index (χ0) is 11.1. The highest BCUT2D eigenvalue weighted by Gasteiger charge is 1.99. The van der Waals surface area contributed by atoms with Gasteiger partial charge < -0.3 is 10.2 Å². The summed E-state index contributed by atoms with van der Waals surface area (Å²) in [5.74, 6) is -1.62. The predicted octanol–water partition coefficient (Wildman–Crippen LogP) is -1.02. The van der Waals surface area contributed by atoms with Crippen molar-refractivity contribution in [2.24, 2.45) is 0 Å². The van der Waals surface area contributed by atoms with Crippen molar-refractivity contribution in [1.29, 1.82) is 0 Å². The van der Waals surface area contributed by atoms with E-state index in [1.807, 2.05) is 0 Å². The fraction of sp³-hybridized carbons (Fsp3) is 0.222. The van der Waals surface area contributed by atoms with E-state index < -0.39 is 11.7 Å². The molecular formula is C9H13NO4. The lowest BCUT2D eigenvalue weighted by molar-refractivity contribution is -1.06. The molecule has 0 unspecified atom stereocenters. The van der Waals surface area contributed by atoms with E-state index in [1.54, 1.807) is 14.1 Å². The Morgan fingerprint density at radius 1 is 1.36 bits per heavy atom. The lowest BCUT2D eigenvalue weighted by Gasteiger charge is -2.07. The number of hydrogen-bond acceptors (Lipinski definition) is 3. The van der Waals surface area contributed by atoms with Crippen LogP contribution >= 0.6 is 0 Å². The number of carbonyl (C=O) groups is 1. The quantitative estimate of drug-likeness (QED) is 0.505. The molecule has 0 spiro atoms. The SMILES string of the molecule is C[NH+](C)O.O=C(O)c1ccccc1[O-]. The molecule has 0 fully saturated rings. The van der Waals surface area contributed by atoms with Gasteiger partial charge >= 0.3 is 5.97 Å². The number of rotatable bonds is 1. The summed E-state index contributed by atoms with van der Waals surface area (Å²) in [4.78, 5) is 10.2. The Morgan fingerprint density at radius 2 is 1.79 bits per heavy atom. The topological polar surface area (TPSA) is 85.0 Å². The fourth-order valence-electron chi connectivity index (χ4n) is 0.643. The minimum atomic E-state index is -1.18. The number of aromatic carboxylic acids is 1. The Morgan fingerprint density at radius 3 is 2.07 bits per heavy atom. The van der Waals surface area contributed by atoms with Crippen LogP contribution < -0.4 is 10.2 Å². The Bertz CT molecular complexity index is 296. The van der Waals surface area contributed by atoms with Crippen LogP contribution in [0.2, 0.25) is 0 Å². The zero-order valence-electron chi connectivity index (χ0n) is 8.02. The summed E-state index contributed by atoms with van der Waals surface area (Å²) >= 11 is 0. The maximum atomic E-state index is 10.7. The molecule has 1 rings (SSSR count). The van der Waals surface area contributed by atoms with Gasteiger partial charge in [0, 0.05) is 0 Å². The molecule has 0 aliphatic rings. The molecule has 5 nitrogen and oxygen atoms in total. The Balaban J connectivity index is 0.000000364. The summed E-state index contributed by atoms with van der Waals surface area (Å²) in [6.45, 7) is 0. The van der Waals surface area contributed by atoms with E-state index in [1.165, 1.54) is 24.3 Å². The third-order valence-corrected chi connectivity index (χ3v) is 1.12. The maximum Gasteiger partial charge on any atom is 0.335 e. The van der Waals surface area contributed by atoms with Crippen molar-refractivity contribution >= 4 is 5.97 Å². The second-order valence-electron chi connectivity index (χ2n) is 2.75. The van der Waals surface area contributed by atoms with Crippen LogP contribution in [0.25, 0.3) is 0 Å². The third kappa shape index (κ3) is 5.13. The maximum absolute atomic E-state index is 10.7. The van der Waals surface area contributed by atoms with Crippen molar-refractivity contribution in [3.8, 4) is 5.75 Å². The van der Waals surface area contributed by atoms with Crippen molar-refractivity contribution in [3.63, 3.8) is 0 Å². The summed E-state index contributed by atoms with van der Waals surface area (Å²) in [5.41, 5.74) is -0.178. The molecule has 1 aromatic rings. The van der Waals surface area contributed by atoms with Crippen LogP contribution in [0.3, 0.4) is 0 Å². The van der Waals surface area contributed by atoms with E-state index in [0.29, 0.717) is 5.06 Å². The smallest absolute Gasteiger partial charge is 0.335 e. The van der Waals surface area contributed by atoms with E-state index in [0.717, 1.165) is 0 Å². The number of hydroxylamine groups is 2. The number of para-hydroxylation sites is 1. The number of benzene rings is 1. The summed E-state index contributed by atoms with van der Waals surface area (Å²) in [6.07, 6.45) is 0. The Kier molecular flexibility index (Phi) is 5.28. The second kappa shape index (κ2) is 5.95. The van der Waals surface area contributed by atoms with Gasteiger partial charge in [0.25, 0.3) is 0 Å². The summed E-state index contributed by atoms with van der Waals surface area (Å²) in [7, 11) is 3.28. The Labute approximate surface area is 81.8 Å². The summed E-state index contributed by atoms with van der Waals surface area (Å²) in [6, 6.07) is 5.54. The number of carboxylic acid groups (broad SMARTS) is 1. The molecule has 3 N–H and O–H groups in total. The van der Waals surface area contributed by atoms with E-state index in [9.17, 15) is 9.90 Å². The van der Waals surface area contributed by atoms with Gasteiger partial charge in [-0.3, -0.25) is 0 Å². The van der Waals surface area contributed by atoms with Gasteiger partial charge in [0.05, 0.1) is 19.7 Å². The molecule has 1 aromatic carbocycles. The first-order valence-corrected chi connectivity index (χ1v) is 3.93. The highest BCUT2D eigenvalue weighted by molar-refractivity contribution is 5.90. The van der Waals surface area contributed by atoms with Gasteiger partial charge in [0.15, 0.2) is 0 Å². The van der Waals surface area contributed by atoms with Gasteiger partial charge in [-0.25, -0.2) is 10.0 Å². The average molecular weight is 199 g/mol. The summed E-state index contributed by atoms with van der Waals surface area (Å²) in [5, 5.41) is 27.4. The number of nitrogens with one attached hydrogen (secondary N) is 1. The molecule has 0 atom stereocenters. The first kappa shape index (κ1) is 12.4. The number of quaternary nitrogens is 1. The average Bonchev–Trinajstić information content (AvgIpc) is 2.03. The molecule has 14 heavy (non-hydrogen) atoms. The van der Waals surface area contributed by atoms with Gasteiger partial charge in [-0.1, -0.05) is 23.9 Å². The molecule has 0 bridgehead atoms. The van der Waals surface area contributed by atoms with Crippen molar-refractivity contribution < 1.29 is 25.3 Å². The highest BCUT2D eigenvalue weighted by atomic mass is 16.5. The molecule has 78 valence electrons. The standard InChI is InChI=1S/C7H6O3.C2H7NO/c8-6-4-2-1-3-5(6)7(9)10;1-3(2)4/h1-4,8H,(H,9,10);4H,1-2H3. The summed E-state index contributed by atoms with van der Waals surface area (Å²) < 4.78 is 0. The van der Waals surface area contributed by atoms with E-state index in [2.05, 4.69) is 0 Å². The van der Waals surface area contributed by atoms with Crippen molar-refractivity contribution in [2.75, 3.05) is 14.1 Å². The van der Waals surface area contributed by atoms with Gasteiger partial charge in [-0.05, 0) is 6.07 Å². The molecule has 5 heteroatoms. The first-order chi connectivity index (χ1) is 6.45. The molecule has 0 aliphatic heterocycles. The minimum Gasteiger partial charge on any atom is -0.872 e. The van der Waals surface area contributed by atoms with Crippen LogP contribution in [0.5, 0.6) is 5.75 Å². The van der Waals surface area contributed by atoms with Crippen LogP contribution in [-0.4, -0.2) is 30.4 Å². The van der Waals surface area contributed by atoms with Crippen LogP contribution in [0.4, 0.5) is 0 Å². The minimum absolute atomic E-state index is 0.178. The molecule has 0 amide bonds. The molecule has 0 saturated heterocycles. The van der Waals surface area contributed by atoms with Gasteiger partial charge in [-0.15, -0.1) is 0 Å². The van der Waals surface area contributed by atoms with E-state index in [4.69, 9.17) is 10.3 Å². The van der Waals surface area contributed by atoms with Crippen LogP contribution in [0.15, 0.2) is 24.3 Å². The molecule has 0 aromatic heterocycles. The fourth-order valence-corrected chi connectivity index (χ4v) is 0.643. The van der Waals surface area contributed by atoms with Crippen molar-refractivity contribution in [3.05, 3.63) is 29.8 Å². The predicted molar refractivity (Wildman–Crippen MR) is 47.4 cm³/mol. The number of hydrogen-bond donors (Lipinski definition) is 3. The normalized spacial score (nSPS) is 9.14. The second-order valence-corrected chi connectivity index (χ2v) is 2.75. The molecule has 0 aliphatic carbocycles.